The van der Waals surface area contributed by atoms with Crippen molar-refractivity contribution >= 4 is 16.7 Å². The summed E-state index contributed by atoms with van der Waals surface area (Å²) in [5.74, 6) is 0.247. The van der Waals surface area contributed by atoms with E-state index in [1.165, 1.54) is 19.2 Å². The Balaban J connectivity index is 2.00. The number of H-pyrrole nitrogens is 1. The van der Waals surface area contributed by atoms with Crippen molar-refractivity contribution in [1.82, 2.24) is 4.98 Å². The van der Waals surface area contributed by atoms with Gasteiger partial charge in [-0.2, -0.15) is 13.2 Å². The number of carbonyl (C=O) groups is 1. The molecule has 1 heterocycles. The smallest absolute Gasteiger partial charge is 0.416 e. The van der Waals surface area contributed by atoms with Gasteiger partial charge in [0.05, 0.1) is 12.7 Å². The fourth-order valence-electron chi connectivity index (χ4n) is 2.38. The van der Waals surface area contributed by atoms with Crippen LogP contribution in [0, 0.1) is 0 Å². The Morgan fingerprint density at radius 2 is 1.78 bits per heavy atom. The summed E-state index contributed by atoms with van der Waals surface area (Å²) in [6, 6.07) is 9.42. The van der Waals surface area contributed by atoms with Gasteiger partial charge in [0.15, 0.2) is 5.78 Å². The van der Waals surface area contributed by atoms with Crippen molar-refractivity contribution in [3.05, 3.63) is 65.4 Å². The van der Waals surface area contributed by atoms with Gasteiger partial charge < -0.3 is 9.72 Å². The van der Waals surface area contributed by atoms with Crippen molar-refractivity contribution in [3.8, 4) is 5.75 Å². The fraction of sp³-hybridized carbons (Fsp3) is 0.118. The molecule has 6 heteroatoms. The van der Waals surface area contributed by atoms with Crippen molar-refractivity contribution < 1.29 is 22.7 Å². The molecule has 0 aliphatic rings. The van der Waals surface area contributed by atoms with Crippen molar-refractivity contribution in [2.45, 2.75) is 6.18 Å². The molecular weight excluding hydrogens is 307 g/mol. The topological polar surface area (TPSA) is 42.1 Å². The summed E-state index contributed by atoms with van der Waals surface area (Å²) in [7, 11) is 1.52. The van der Waals surface area contributed by atoms with Crippen LogP contribution in [0.15, 0.2) is 48.7 Å². The number of nitrogens with one attached hydrogen (secondary N) is 1. The van der Waals surface area contributed by atoms with E-state index in [-0.39, 0.29) is 11.3 Å². The Morgan fingerprint density at radius 1 is 1.09 bits per heavy atom. The number of carbonyl (C=O) groups excluding carboxylic acids is 1. The van der Waals surface area contributed by atoms with Gasteiger partial charge in [0.25, 0.3) is 0 Å². The first-order valence-corrected chi connectivity index (χ1v) is 6.77. The summed E-state index contributed by atoms with van der Waals surface area (Å²) in [6.07, 6.45) is -2.88. The number of methoxy groups -OCH3 is 1. The maximum Gasteiger partial charge on any atom is 0.416 e. The zero-order chi connectivity index (χ0) is 16.6. The maximum absolute atomic E-state index is 12.6. The van der Waals surface area contributed by atoms with Gasteiger partial charge >= 0.3 is 6.18 Å². The summed E-state index contributed by atoms with van der Waals surface area (Å²) < 4.78 is 42.9. The van der Waals surface area contributed by atoms with Gasteiger partial charge in [-0.05, 0) is 30.3 Å². The molecule has 0 aliphatic carbocycles. The van der Waals surface area contributed by atoms with E-state index in [4.69, 9.17) is 4.74 Å². The lowest BCUT2D eigenvalue weighted by Crippen LogP contribution is -2.06. The highest BCUT2D eigenvalue weighted by molar-refractivity contribution is 6.16. The lowest BCUT2D eigenvalue weighted by Gasteiger charge is -2.07. The number of hydrogen-bond donors (Lipinski definition) is 1. The number of fused-ring (bicyclic) bond motifs is 1. The van der Waals surface area contributed by atoms with Gasteiger partial charge in [0.2, 0.25) is 0 Å². The van der Waals surface area contributed by atoms with E-state index >= 15 is 0 Å². The third-order valence-electron chi connectivity index (χ3n) is 3.61. The molecule has 1 aromatic heterocycles. The SMILES string of the molecule is COc1ccc2[nH]cc(C(=O)c3ccc(C(F)(F)F)cc3)c2c1. The number of ether oxygens (including phenoxy) is 1. The first-order valence-electron chi connectivity index (χ1n) is 6.77. The minimum atomic E-state index is -4.42. The van der Waals surface area contributed by atoms with E-state index in [1.54, 1.807) is 24.4 Å². The van der Waals surface area contributed by atoms with Gasteiger partial charge in [0.1, 0.15) is 5.75 Å². The van der Waals surface area contributed by atoms with Crippen molar-refractivity contribution in [3.63, 3.8) is 0 Å². The number of halogens is 3. The second-order valence-corrected chi connectivity index (χ2v) is 5.02. The van der Waals surface area contributed by atoms with Crippen molar-refractivity contribution in [2.24, 2.45) is 0 Å². The fourth-order valence-corrected chi connectivity index (χ4v) is 2.38. The third kappa shape index (κ3) is 2.79. The summed E-state index contributed by atoms with van der Waals surface area (Å²) >= 11 is 0. The van der Waals surface area contributed by atoms with Crippen LogP contribution in [0.3, 0.4) is 0 Å². The molecule has 0 radical (unpaired) electrons. The molecule has 0 saturated carbocycles. The Hall–Kier alpha value is -2.76. The summed E-state index contributed by atoms with van der Waals surface area (Å²) in [5, 5.41) is 0.661. The highest BCUT2D eigenvalue weighted by Crippen LogP contribution is 2.30. The molecule has 0 unspecified atom stereocenters. The zero-order valence-electron chi connectivity index (χ0n) is 12.1. The Kier molecular flexibility index (Phi) is 3.60. The number of alkyl halides is 3. The van der Waals surface area contributed by atoms with Crippen LogP contribution in [0.5, 0.6) is 5.75 Å². The molecule has 0 atom stereocenters. The summed E-state index contributed by atoms with van der Waals surface area (Å²) in [6.45, 7) is 0. The molecular formula is C17H12F3NO2. The van der Waals surface area contributed by atoms with Gasteiger partial charge in [-0.3, -0.25) is 4.79 Å². The predicted molar refractivity (Wildman–Crippen MR) is 79.7 cm³/mol. The predicted octanol–water partition coefficient (Wildman–Crippen LogP) is 4.43. The van der Waals surface area contributed by atoms with Crippen molar-refractivity contribution in [2.75, 3.05) is 7.11 Å². The zero-order valence-corrected chi connectivity index (χ0v) is 12.1. The van der Waals surface area contributed by atoms with Crippen molar-refractivity contribution in [1.29, 1.82) is 0 Å². The van der Waals surface area contributed by atoms with E-state index in [2.05, 4.69) is 4.98 Å². The van der Waals surface area contributed by atoms with Crippen LogP contribution >= 0.6 is 0 Å². The summed E-state index contributed by atoms with van der Waals surface area (Å²) in [5.41, 5.74) is 0.552. The van der Waals surface area contributed by atoms with E-state index < -0.39 is 11.7 Å². The van der Waals surface area contributed by atoms with E-state index in [9.17, 15) is 18.0 Å². The number of hydrogen-bond acceptors (Lipinski definition) is 2. The lowest BCUT2D eigenvalue weighted by molar-refractivity contribution is -0.137. The molecule has 2 aromatic carbocycles. The monoisotopic (exact) mass is 319 g/mol. The number of rotatable bonds is 3. The largest absolute Gasteiger partial charge is 0.497 e. The Morgan fingerprint density at radius 3 is 2.39 bits per heavy atom. The molecule has 0 fully saturated rings. The normalized spacial score (nSPS) is 11.7. The van der Waals surface area contributed by atoms with E-state index in [1.807, 2.05) is 0 Å². The average molecular weight is 319 g/mol. The number of benzene rings is 2. The highest BCUT2D eigenvalue weighted by Gasteiger charge is 2.30. The quantitative estimate of drug-likeness (QED) is 0.726. The van der Waals surface area contributed by atoms with Gasteiger partial charge in [-0.15, -0.1) is 0 Å². The molecule has 0 bridgehead atoms. The minimum Gasteiger partial charge on any atom is -0.497 e. The van der Waals surface area contributed by atoms with Crippen LogP contribution in [0.1, 0.15) is 21.5 Å². The lowest BCUT2D eigenvalue weighted by atomic mass is 10.0. The molecule has 0 spiro atoms. The second-order valence-electron chi connectivity index (χ2n) is 5.02. The van der Waals surface area contributed by atoms with Crippen LogP contribution in [0.25, 0.3) is 10.9 Å². The molecule has 0 saturated heterocycles. The molecule has 3 rings (SSSR count). The molecule has 23 heavy (non-hydrogen) atoms. The van der Waals surface area contributed by atoms with Crippen LogP contribution < -0.4 is 4.74 Å². The molecule has 0 amide bonds. The van der Waals surface area contributed by atoms with E-state index in [0.29, 0.717) is 16.7 Å². The first kappa shape index (κ1) is 15.1. The standard InChI is InChI=1S/C17H12F3NO2/c1-23-12-6-7-15-13(8-12)14(9-21-15)16(22)10-2-4-11(5-3-10)17(18,19)20/h2-9,21H,1H3. The molecule has 3 aromatic rings. The number of ketones is 1. The van der Waals surface area contributed by atoms with Crippen LogP contribution in [0.4, 0.5) is 13.2 Å². The third-order valence-corrected chi connectivity index (χ3v) is 3.61. The molecule has 0 aliphatic heterocycles. The van der Waals surface area contributed by atoms with Gasteiger partial charge in [-0.25, -0.2) is 0 Å². The Labute approximate surface area is 129 Å². The van der Waals surface area contributed by atoms with Crippen LogP contribution in [-0.4, -0.2) is 17.9 Å². The maximum atomic E-state index is 12.6. The minimum absolute atomic E-state index is 0.196. The Bertz CT molecular complexity index is 864. The van der Waals surface area contributed by atoms with E-state index in [0.717, 1.165) is 17.6 Å². The second kappa shape index (κ2) is 5.46. The van der Waals surface area contributed by atoms with Gasteiger partial charge in [0, 0.05) is 28.2 Å². The molecule has 1 N–H and O–H groups in total. The summed E-state index contributed by atoms with van der Waals surface area (Å²) in [4.78, 5) is 15.5. The average Bonchev–Trinajstić information content (AvgIpc) is 2.96. The number of aromatic nitrogens is 1. The molecule has 3 nitrogen and oxygen atoms in total. The first-order chi connectivity index (χ1) is 10.9. The van der Waals surface area contributed by atoms with Gasteiger partial charge in [-0.1, -0.05) is 12.1 Å². The highest BCUT2D eigenvalue weighted by atomic mass is 19.4. The van der Waals surface area contributed by atoms with Crippen LogP contribution in [-0.2, 0) is 6.18 Å². The number of aromatic amines is 1. The molecule has 118 valence electrons. The van der Waals surface area contributed by atoms with Crippen LogP contribution in [0.2, 0.25) is 0 Å².